The van der Waals surface area contributed by atoms with E-state index in [9.17, 15) is 10.2 Å². The Balaban J connectivity index is 3.35. The molecule has 2 heteroatoms. The fourth-order valence-corrected chi connectivity index (χ4v) is 1.28. The number of rotatable bonds is 8. The first kappa shape index (κ1) is 12.9. The predicted octanol–water partition coefficient (Wildman–Crippen LogP) is 2.29. The van der Waals surface area contributed by atoms with Crippen LogP contribution in [0.1, 0.15) is 52.4 Å². The zero-order valence-corrected chi connectivity index (χ0v) is 8.87. The minimum absolute atomic E-state index is 0.424. The lowest BCUT2D eigenvalue weighted by atomic mass is 10.0. The van der Waals surface area contributed by atoms with E-state index in [0.717, 1.165) is 38.5 Å². The number of hydrogen-bond donors (Lipinski definition) is 2. The molecule has 0 spiro atoms. The highest BCUT2D eigenvalue weighted by Gasteiger charge is 2.10. The molecule has 2 unspecified atom stereocenters. The highest BCUT2D eigenvalue weighted by Crippen LogP contribution is 2.10. The molecular formula is C11H23O2. The lowest BCUT2D eigenvalue weighted by Gasteiger charge is -2.14. The van der Waals surface area contributed by atoms with Crippen LogP contribution in [0.5, 0.6) is 0 Å². The summed E-state index contributed by atoms with van der Waals surface area (Å²) in [5.41, 5.74) is 0. The predicted molar refractivity (Wildman–Crippen MR) is 55.4 cm³/mol. The summed E-state index contributed by atoms with van der Waals surface area (Å²) >= 11 is 0. The summed E-state index contributed by atoms with van der Waals surface area (Å²) in [6, 6.07) is 0. The molecule has 0 heterocycles. The summed E-state index contributed by atoms with van der Waals surface area (Å²) in [6.45, 7) is 4.19. The van der Waals surface area contributed by atoms with Gasteiger partial charge in [-0.1, -0.05) is 39.5 Å². The smallest absolute Gasteiger partial charge is 0.0597 e. The average Bonchev–Trinajstić information content (AvgIpc) is 2.11. The van der Waals surface area contributed by atoms with Crippen molar-refractivity contribution < 1.29 is 10.2 Å². The van der Waals surface area contributed by atoms with Crippen LogP contribution in [-0.2, 0) is 0 Å². The van der Waals surface area contributed by atoms with E-state index in [1.165, 1.54) is 0 Å². The summed E-state index contributed by atoms with van der Waals surface area (Å²) in [6.07, 6.45) is 6.60. The average molecular weight is 187 g/mol. The largest absolute Gasteiger partial charge is 0.393 e. The molecule has 0 bridgehead atoms. The van der Waals surface area contributed by atoms with Gasteiger partial charge in [-0.25, -0.2) is 0 Å². The Morgan fingerprint density at radius 2 is 1.31 bits per heavy atom. The molecule has 0 aromatic heterocycles. The molecule has 2 N–H and O–H groups in total. The van der Waals surface area contributed by atoms with Gasteiger partial charge >= 0.3 is 0 Å². The minimum atomic E-state index is -0.424. The van der Waals surface area contributed by atoms with Crippen molar-refractivity contribution in [1.29, 1.82) is 0 Å². The maximum absolute atomic E-state index is 9.43. The van der Waals surface area contributed by atoms with Gasteiger partial charge in [0.2, 0.25) is 0 Å². The topological polar surface area (TPSA) is 40.5 Å². The van der Waals surface area contributed by atoms with E-state index >= 15 is 0 Å². The molecule has 0 rings (SSSR count). The molecule has 1 radical (unpaired) electrons. The molecule has 0 aliphatic carbocycles. The Labute approximate surface area is 82.0 Å². The van der Waals surface area contributed by atoms with Crippen molar-refractivity contribution in [3.8, 4) is 0 Å². The molecular weight excluding hydrogens is 164 g/mol. The van der Waals surface area contributed by atoms with Crippen molar-refractivity contribution in [1.82, 2.24) is 0 Å². The van der Waals surface area contributed by atoms with Gasteiger partial charge < -0.3 is 10.2 Å². The van der Waals surface area contributed by atoms with Gasteiger partial charge in [-0.2, -0.15) is 0 Å². The maximum Gasteiger partial charge on any atom is 0.0597 e. The second-order valence-electron chi connectivity index (χ2n) is 3.61. The van der Waals surface area contributed by atoms with Crippen LogP contribution < -0.4 is 0 Å². The highest BCUT2D eigenvalue weighted by molar-refractivity contribution is 4.82. The van der Waals surface area contributed by atoms with Gasteiger partial charge in [-0.3, -0.25) is 0 Å². The van der Waals surface area contributed by atoms with E-state index in [0.29, 0.717) is 0 Å². The van der Waals surface area contributed by atoms with Crippen LogP contribution in [0.4, 0.5) is 0 Å². The minimum Gasteiger partial charge on any atom is -0.393 e. The standard InChI is InChI=1S/C11H23O2/c1-3-5-7-10(12)9-11(13)8-6-4-2/h9-13H,3-8H2,1-2H3. The number of unbranched alkanes of at least 4 members (excludes halogenated alkanes) is 2. The van der Waals surface area contributed by atoms with E-state index in [4.69, 9.17) is 0 Å². The summed E-state index contributed by atoms with van der Waals surface area (Å²) in [5, 5.41) is 18.9. The fraction of sp³-hybridized carbons (Fsp3) is 0.909. The van der Waals surface area contributed by atoms with E-state index < -0.39 is 12.2 Å². The zero-order chi connectivity index (χ0) is 10.1. The van der Waals surface area contributed by atoms with E-state index in [-0.39, 0.29) is 0 Å². The van der Waals surface area contributed by atoms with Crippen LogP contribution in [0.25, 0.3) is 0 Å². The third-order valence-corrected chi connectivity index (χ3v) is 2.15. The van der Waals surface area contributed by atoms with E-state index in [1.54, 1.807) is 6.42 Å². The van der Waals surface area contributed by atoms with Gasteiger partial charge in [0.15, 0.2) is 0 Å². The molecule has 79 valence electrons. The van der Waals surface area contributed by atoms with Crippen LogP contribution in [0.3, 0.4) is 0 Å². The molecule has 0 amide bonds. The fourth-order valence-electron chi connectivity index (χ4n) is 1.28. The van der Waals surface area contributed by atoms with Gasteiger partial charge in [-0.05, 0) is 12.8 Å². The summed E-state index contributed by atoms with van der Waals surface area (Å²) in [7, 11) is 0. The summed E-state index contributed by atoms with van der Waals surface area (Å²) < 4.78 is 0. The van der Waals surface area contributed by atoms with Crippen LogP contribution in [0.15, 0.2) is 0 Å². The van der Waals surface area contributed by atoms with Crippen molar-refractivity contribution in [2.75, 3.05) is 0 Å². The van der Waals surface area contributed by atoms with Gasteiger partial charge in [-0.15, -0.1) is 0 Å². The third-order valence-electron chi connectivity index (χ3n) is 2.15. The maximum atomic E-state index is 9.43. The van der Waals surface area contributed by atoms with Gasteiger partial charge in [0.1, 0.15) is 0 Å². The van der Waals surface area contributed by atoms with Crippen molar-refractivity contribution in [3.05, 3.63) is 6.42 Å². The first-order valence-corrected chi connectivity index (χ1v) is 5.41. The molecule has 0 aromatic carbocycles. The van der Waals surface area contributed by atoms with Crippen molar-refractivity contribution in [2.45, 2.75) is 64.6 Å². The molecule has 0 saturated carbocycles. The molecule has 13 heavy (non-hydrogen) atoms. The first-order valence-electron chi connectivity index (χ1n) is 5.41. The third kappa shape index (κ3) is 8.26. The number of hydrogen-bond acceptors (Lipinski definition) is 2. The van der Waals surface area contributed by atoms with Gasteiger partial charge in [0.05, 0.1) is 12.2 Å². The molecule has 0 aliphatic heterocycles. The second-order valence-corrected chi connectivity index (χ2v) is 3.61. The quantitative estimate of drug-likeness (QED) is 0.612. The lowest BCUT2D eigenvalue weighted by Crippen LogP contribution is -2.18. The van der Waals surface area contributed by atoms with Gasteiger partial charge in [0.25, 0.3) is 0 Å². The molecule has 2 nitrogen and oxygen atoms in total. The Bertz CT molecular complexity index is 92.3. The van der Waals surface area contributed by atoms with Crippen LogP contribution in [0, 0.1) is 6.42 Å². The summed E-state index contributed by atoms with van der Waals surface area (Å²) in [4.78, 5) is 0. The molecule has 0 aromatic rings. The number of aliphatic hydroxyl groups excluding tert-OH is 2. The molecule has 2 atom stereocenters. The second kappa shape index (κ2) is 8.52. The first-order chi connectivity index (χ1) is 6.20. The van der Waals surface area contributed by atoms with Crippen molar-refractivity contribution in [3.63, 3.8) is 0 Å². The summed E-state index contributed by atoms with van der Waals surface area (Å²) in [5.74, 6) is 0. The molecule has 0 aliphatic rings. The SMILES string of the molecule is CCCCC(O)[CH]C(O)CCCC. The van der Waals surface area contributed by atoms with Crippen LogP contribution in [-0.4, -0.2) is 22.4 Å². The normalized spacial score (nSPS) is 15.7. The molecule has 0 fully saturated rings. The Morgan fingerprint density at radius 3 is 1.62 bits per heavy atom. The van der Waals surface area contributed by atoms with Gasteiger partial charge in [0, 0.05) is 6.42 Å². The Morgan fingerprint density at radius 1 is 0.923 bits per heavy atom. The Kier molecular flexibility index (Phi) is 8.46. The van der Waals surface area contributed by atoms with Crippen LogP contribution in [0.2, 0.25) is 0 Å². The Hall–Kier alpha value is -0.0800. The zero-order valence-electron chi connectivity index (χ0n) is 8.87. The molecule has 0 saturated heterocycles. The lowest BCUT2D eigenvalue weighted by molar-refractivity contribution is 0.124. The van der Waals surface area contributed by atoms with E-state index in [2.05, 4.69) is 13.8 Å². The monoisotopic (exact) mass is 187 g/mol. The van der Waals surface area contributed by atoms with E-state index in [1.807, 2.05) is 0 Å². The number of aliphatic hydroxyl groups is 2. The highest BCUT2D eigenvalue weighted by atomic mass is 16.3. The van der Waals surface area contributed by atoms with Crippen molar-refractivity contribution in [2.24, 2.45) is 0 Å². The van der Waals surface area contributed by atoms with Crippen LogP contribution >= 0.6 is 0 Å². The van der Waals surface area contributed by atoms with Crippen molar-refractivity contribution >= 4 is 0 Å².